The summed E-state index contributed by atoms with van der Waals surface area (Å²) in [6.07, 6.45) is 7.54. The van der Waals surface area contributed by atoms with Gasteiger partial charge in [-0.05, 0) is 47.7 Å². The van der Waals surface area contributed by atoms with Crippen LogP contribution in [0.3, 0.4) is 0 Å². The lowest BCUT2D eigenvalue weighted by atomic mass is 10.00. The number of benzene rings is 1. The smallest absolute Gasteiger partial charge is 0.227 e. The van der Waals surface area contributed by atoms with E-state index in [0.29, 0.717) is 0 Å². The Labute approximate surface area is 154 Å². The summed E-state index contributed by atoms with van der Waals surface area (Å²) in [5.41, 5.74) is 4.12. The normalized spacial score (nSPS) is 13.3. The Kier molecular flexibility index (Phi) is 4.78. The van der Waals surface area contributed by atoms with E-state index < -0.39 is 0 Å². The Morgan fingerprint density at radius 2 is 1.81 bits per heavy atom. The molecule has 1 aliphatic heterocycles. The van der Waals surface area contributed by atoms with Crippen molar-refractivity contribution in [2.45, 2.75) is 19.4 Å². The Morgan fingerprint density at radius 1 is 1.00 bits per heavy atom. The van der Waals surface area contributed by atoms with Gasteiger partial charge in [-0.25, -0.2) is 4.98 Å². The predicted octanol–water partition coefficient (Wildman–Crippen LogP) is 3.11. The van der Waals surface area contributed by atoms with E-state index in [2.05, 4.69) is 56.2 Å². The third-order valence-electron chi connectivity index (χ3n) is 4.91. The van der Waals surface area contributed by atoms with Crippen molar-refractivity contribution in [1.29, 1.82) is 0 Å². The molecule has 5 nitrogen and oxygen atoms in total. The number of nitrogens with zero attached hydrogens (tertiary/aromatic N) is 5. The quantitative estimate of drug-likeness (QED) is 0.711. The monoisotopic (exact) mass is 345 g/mol. The molecule has 0 fully saturated rings. The largest absolute Gasteiger partial charge is 0.352 e. The van der Waals surface area contributed by atoms with Crippen molar-refractivity contribution >= 4 is 11.8 Å². The van der Waals surface area contributed by atoms with Gasteiger partial charge in [-0.2, -0.15) is 4.98 Å². The van der Waals surface area contributed by atoms with Crippen LogP contribution in [0.2, 0.25) is 0 Å². The molecule has 0 spiro atoms. The number of fused-ring (bicyclic) bond motifs is 1. The zero-order valence-corrected chi connectivity index (χ0v) is 15.0. The highest BCUT2D eigenvalue weighted by molar-refractivity contribution is 5.47. The maximum absolute atomic E-state index is 4.81. The molecule has 1 aromatic carbocycles. The molecule has 132 valence electrons. The number of aromatic nitrogens is 3. The summed E-state index contributed by atoms with van der Waals surface area (Å²) in [5.74, 6) is 1.77. The summed E-state index contributed by atoms with van der Waals surface area (Å²) in [6, 6.07) is 14.8. The second kappa shape index (κ2) is 7.52. The molecule has 0 saturated carbocycles. The zero-order chi connectivity index (χ0) is 17.8. The number of likely N-dealkylation sites (N-methyl/N-ethyl adjacent to an activating group) is 1. The highest BCUT2D eigenvalue weighted by atomic mass is 15.3. The molecule has 4 rings (SSSR count). The molecule has 1 aliphatic rings. The van der Waals surface area contributed by atoms with E-state index >= 15 is 0 Å². The topological polar surface area (TPSA) is 45.2 Å². The number of hydrogen-bond acceptors (Lipinski definition) is 5. The lowest BCUT2D eigenvalue weighted by Crippen LogP contribution is -2.31. The van der Waals surface area contributed by atoms with Gasteiger partial charge < -0.3 is 9.80 Å². The van der Waals surface area contributed by atoms with Crippen molar-refractivity contribution in [3.05, 3.63) is 77.7 Å². The molecule has 0 saturated heterocycles. The van der Waals surface area contributed by atoms with Crippen LogP contribution in [-0.4, -0.2) is 35.1 Å². The van der Waals surface area contributed by atoms with E-state index in [1.807, 2.05) is 31.7 Å². The van der Waals surface area contributed by atoms with Crippen molar-refractivity contribution in [3.8, 4) is 0 Å². The van der Waals surface area contributed by atoms with Gasteiger partial charge in [-0.3, -0.25) is 4.98 Å². The molecule has 2 aromatic heterocycles. The lowest BCUT2D eigenvalue weighted by molar-refractivity contribution is 0.716. The first-order valence-electron chi connectivity index (χ1n) is 9.04. The Bertz CT molecular complexity index is 865. The van der Waals surface area contributed by atoms with Gasteiger partial charge in [-0.1, -0.05) is 24.3 Å². The fourth-order valence-corrected chi connectivity index (χ4v) is 3.34. The summed E-state index contributed by atoms with van der Waals surface area (Å²) in [4.78, 5) is 17.8. The molecular weight excluding hydrogens is 322 g/mol. The summed E-state index contributed by atoms with van der Waals surface area (Å²) in [7, 11) is 2.05. The Morgan fingerprint density at radius 3 is 2.65 bits per heavy atom. The van der Waals surface area contributed by atoms with Crippen LogP contribution in [0.15, 0.2) is 61.1 Å². The standard InChI is InChI=1S/C21H23N5/c1-25(14-9-17-6-11-22-12-7-17)21-23-13-8-20(24-21)26-15-10-18-4-2-3-5-19(18)16-26/h2-8,11-13H,9-10,14-16H2,1H3. The minimum absolute atomic E-state index is 0.774. The van der Waals surface area contributed by atoms with E-state index in [-0.39, 0.29) is 0 Å². The average molecular weight is 345 g/mol. The molecule has 26 heavy (non-hydrogen) atoms. The molecule has 0 bridgehead atoms. The van der Waals surface area contributed by atoms with Gasteiger partial charge in [-0.15, -0.1) is 0 Å². The van der Waals surface area contributed by atoms with Gasteiger partial charge in [0.15, 0.2) is 0 Å². The summed E-state index contributed by atoms with van der Waals surface area (Å²) >= 11 is 0. The first-order valence-corrected chi connectivity index (χ1v) is 9.04. The van der Waals surface area contributed by atoms with E-state index in [0.717, 1.165) is 44.2 Å². The van der Waals surface area contributed by atoms with Crippen LogP contribution in [0.25, 0.3) is 0 Å². The maximum Gasteiger partial charge on any atom is 0.227 e. The highest BCUT2D eigenvalue weighted by Gasteiger charge is 2.18. The second-order valence-corrected chi connectivity index (χ2v) is 6.68. The minimum atomic E-state index is 0.774. The van der Waals surface area contributed by atoms with Crippen molar-refractivity contribution in [3.63, 3.8) is 0 Å². The van der Waals surface area contributed by atoms with Gasteiger partial charge in [0.1, 0.15) is 5.82 Å². The molecule has 0 unspecified atom stereocenters. The number of anilines is 2. The molecule has 0 aliphatic carbocycles. The lowest BCUT2D eigenvalue weighted by Gasteiger charge is -2.30. The van der Waals surface area contributed by atoms with Gasteiger partial charge in [0, 0.05) is 45.3 Å². The molecule has 5 heteroatoms. The van der Waals surface area contributed by atoms with Gasteiger partial charge in [0.2, 0.25) is 5.95 Å². The molecule has 0 atom stereocenters. The first kappa shape index (κ1) is 16.5. The third kappa shape index (κ3) is 3.67. The van der Waals surface area contributed by atoms with Crippen LogP contribution >= 0.6 is 0 Å². The zero-order valence-electron chi connectivity index (χ0n) is 15.0. The van der Waals surface area contributed by atoms with E-state index in [4.69, 9.17) is 4.98 Å². The van der Waals surface area contributed by atoms with Gasteiger partial charge in [0.05, 0.1) is 0 Å². The molecular formula is C21H23N5. The first-order chi connectivity index (χ1) is 12.8. The molecule has 0 amide bonds. The van der Waals surface area contributed by atoms with E-state index in [1.54, 1.807) is 0 Å². The molecule has 0 N–H and O–H groups in total. The second-order valence-electron chi connectivity index (χ2n) is 6.68. The van der Waals surface area contributed by atoms with Crippen molar-refractivity contribution in [2.75, 3.05) is 29.9 Å². The summed E-state index contributed by atoms with van der Waals surface area (Å²) in [5, 5.41) is 0. The SMILES string of the molecule is CN(CCc1ccncc1)c1nccc(N2CCc3ccccc3C2)n1. The molecule has 3 aromatic rings. The Balaban J connectivity index is 1.45. The van der Waals surface area contributed by atoms with Crippen molar-refractivity contribution < 1.29 is 0 Å². The van der Waals surface area contributed by atoms with Crippen molar-refractivity contribution in [1.82, 2.24) is 15.0 Å². The predicted molar refractivity (Wildman–Crippen MR) is 104 cm³/mol. The number of hydrogen-bond donors (Lipinski definition) is 0. The van der Waals surface area contributed by atoms with Gasteiger partial charge in [0.25, 0.3) is 0 Å². The summed E-state index contributed by atoms with van der Waals surface area (Å²) in [6.45, 7) is 2.78. The highest BCUT2D eigenvalue weighted by Crippen LogP contribution is 2.23. The average Bonchev–Trinajstić information content (AvgIpc) is 2.72. The maximum atomic E-state index is 4.81. The van der Waals surface area contributed by atoms with Crippen LogP contribution in [0.5, 0.6) is 0 Å². The van der Waals surface area contributed by atoms with Crippen LogP contribution in [0.1, 0.15) is 16.7 Å². The van der Waals surface area contributed by atoms with Crippen LogP contribution in [0.4, 0.5) is 11.8 Å². The van der Waals surface area contributed by atoms with Crippen LogP contribution < -0.4 is 9.80 Å². The van der Waals surface area contributed by atoms with E-state index in [9.17, 15) is 0 Å². The number of pyridine rings is 1. The summed E-state index contributed by atoms with van der Waals surface area (Å²) < 4.78 is 0. The molecule has 3 heterocycles. The van der Waals surface area contributed by atoms with E-state index in [1.165, 1.54) is 16.7 Å². The molecule has 0 radical (unpaired) electrons. The number of rotatable bonds is 5. The third-order valence-corrected chi connectivity index (χ3v) is 4.91. The van der Waals surface area contributed by atoms with Crippen LogP contribution in [-0.2, 0) is 19.4 Å². The Hall–Kier alpha value is -2.95. The van der Waals surface area contributed by atoms with Crippen molar-refractivity contribution in [2.24, 2.45) is 0 Å². The minimum Gasteiger partial charge on any atom is -0.352 e. The van der Waals surface area contributed by atoms with Gasteiger partial charge >= 0.3 is 0 Å². The van der Waals surface area contributed by atoms with Crippen LogP contribution in [0, 0.1) is 0 Å². The fourth-order valence-electron chi connectivity index (χ4n) is 3.34. The fraction of sp³-hybridized carbons (Fsp3) is 0.286.